The van der Waals surface area contributed by atoms with Gasteiger partial charge in [0.15, 0.2) is 0 Å². The lowest BCUT2D eigenvalue weighted by Crippen LogP contribution is -2.34. The van der Waals surface area contributed by atoms with Gasteiger partial charge in [-0.25, -0.2) is 0 Å². The Labute approximate surface area is 117 Å². The molecule has 3 heteroatoms. The summed E-state index contributed by atoms with van der Waals surface area (Å²) in [6.07, 6.45) is 7.37. The van der Waals surface area contributed by atoms with Crippen molar-refractivity contribution in [2.24, 2.45) is 11.8 Å². The first-order valence-corrected chi connectivity index (χ1v) is 7.57. The van der Waals surface area contributed by atoms with Crippen molar-refractivity contribution in [1.82, 2.24) is 10.2 Å². The fourth-order valence-electron chi connectivity index (χ4n) is 3.19. The normalized spacial score (nSPS) is 25.7. The molecule has 0 aliphatic heterocycles. The van der Waals surface area contributed by atoms with Gasteiger partial charge in [0.2, 0.25) is 0 Å². The molecule has 1 aromatic rings. The van der Waals surface area contributed by atoms with E-state index >= 15 is 0 Å². The van der Waals surface area contributed by atoms with Crippen molar-refractivity contribution < 1.29 is 4.42 Å². The van der Waals surface area contributed by atoms with Gasteiger partial charge >= 0.3 is 0 Å². The van der Waals surface area contributed by atoms with Gasteiger partial charge < -0.3 is 9.73 Å². The molecule has 1 N–H and O–H groups in total. The van der Waals surface area contributed by atoms with Crippen LogP contribution in [-0.2, 0) is 0 Å². The third kappa shape index (κ3) is 4.36. The van der Waals surface area contributed by atoms with Gasteiger partial charge in [0, 0.05) is 6.54 Å². The molecule has 1 aromatic heterocycles. The van der Waals surface area contributed by atoms with Gasteiger partial charge in [0.25, 0.3) is 0 Å². The Morgan fingerprint density at radius 3 is 2.89 bits per heavy atom. The van der Waals surface area contributed by atoms with E-state index in [2.05, 4.69) is 37.3 Å². The predicted octanol–water partition coefficient (Wildman–Crippen LogP) is 3.30. The molecule has 1 aliphatic rings. The van der Waals surface area contributed by atoms with E-state index in [0.29, 0.717) is 6.04 Å². The van der Waals surface area contributed by atoms with Gasteiger partial charge in [-0.1, -0.05) is 19.8 Å². The van der Waals surface area contributed by atoms with Crippen LogP contribution in [0.3, 0.4) is 0 Å². The highest BCUT2D eigenvalue weighted by molar-refractivity contribution is 5.05. The zero-order chi connectivity index (χ0) is 13.7. The zero-order valence-electron chi connectivity index (χ0n) is 12.6. The molecule has 2 rings (SSSR count). The Hall–Kier alpha value is -0.800. The van der Waals surface area contributed by atoms with E-state index in [1.54, 1.807) is 6.26 Å². The molecule has 108 valence electrons. The van der Waals surface area contributed by atoms with Crippen molar-refractivity contribution in [2.45, 2.75) is 38.6 Å². The minimum absolute atomic E-state index is 0.330. The van der Waals surface area contributed by atoms with Crippen molar-refractivity contribution in [3.63, 3.8) is 0 Å². The third-order valence-electron chi connectivity index (χ3n) is 4.31. The van der Waals surface area contributed by atoms with Crippen molar-refractivity contribution in [3.05, 3.63) is 24.2 Å². The minimum Gasteiger partial charge on any atom is -0.468 e. The van der Waals surface area contributed by atoms with Gasteiger partial charge in [-0.15, -0.1) is 0 Å². The molecule has 1 fully saturated rings. The molecule has 0 amide bonds. The molecule has 0 aromatic carbocycles. The highest BCUT2D eigenvalue weighted by Gasteiger charge is 2.20. The first kappa shape index (κ1) is 14.6. The maximum absolute atomic E-state index is 5.53. The Morgan fingerprint density at radius 2 is 2.26 bits per heavy atom. The lowest BCUT2D eigenvalue weighted by atomic mass is 9.82. The number of hydrogen-bond donors (Lipinski definition) is 1. The van der Waals surface area contributed by atoms with E-state index in [1.807, 2.05) is 6.07 Å². The Balaban J connectivity index is 1.76. The number of furan rings is 1. The van der Waals surface area contributed by atoms with Crippen molar-refractivity contribution in [2.75, 3.05) is 27.2 Å². The van der Waals surface area contributed by atoms with Crippen molar-refractivity contribution in [1.29, 1.82) is 0 Å². The maximum atomic E-state index is 5.53. The molecule has 3 nitrogen and oxygen atoms in total. The van der Waals surface area contributed by atoms with Crippen LogP contribution in [0.2, 0.25) is 0 Å². The lowest BCUT2D eigenvalue weighted by Gasteiger charge is -2.28. The van der Waals surface area contributed by atoms with Crippen LogP contribution in [0.15, 0.2) is 22.8 Å². The SMILES string of the molecule is CC1CCCC(CNCC(c2ccco2)N(C)C)C1. The molecule has 0 saturated heterocycles. The molecule has 0 radical (unpaired) electrons. The van der Waals surface area contributed by atoms with Crippen molar-refractivity contribution in [3.8, 4) is 0 Å². The predicted molar refractivity (Wildman–Crippen MR) is 79.1 cm³/mol. The summed E-state index contributed by atoms with van der Waals surface area (Å²) in [6.45, 7) is 4.50. The summed E-state index contributed by atoms with van der Waals surface area (Å²) in [5.74, 6) is 2.83. The first-order chi connectivity index (χ1) is 9.16. The van der Waals surface area contributed by atoms with Crippen LogP contribution < -0.4 is 5.32 Å². The highest BCUT2D eigenvalue weighted by atomic mass is 16.3. The topological polar surface area (TPSA) is 28.4 Å². The second-order valence-corrected chi connectivity index (χ2v) is 6.29. The Morgan fingerprint density at radius 1 is 1.42 bits per heavy atom. The molecule has 19 heavy (non-hydrogen) atoms. The van der Waals surface area contributed by atoms with E-state index in [1.165, 1.54) is 25.7 Å². The maximum Gasteiger partial charge on any atom is 0.122 e. The first-order valence-electron chi connectivity index (χ1n) is 7.57. The van der Waals surface area contributed by atoms with Gasteiger partial charge in [-0.2, -0.15) is 0 Å². The molecule has 1 saturated carbocycles. The molecule has 0 bridgehead atoms. The van der Waals surface area contributed by atoms with Gasteiger partial charge in [-0.05, 0) is 57.5 Å². The number of rotatable bonds is 6. The second-order valence-electron chi connectivity index (χ2n) is 6.29. The van der Waals surface area contributed by atoms with Crippen LogP contribution in [0.5, 0.6) is 0 Å². The highest BCUT2D eigenvalue weighted by Crippen LogP contribution is 2.28. The summed E-state index contributed by atoms with van der Waals surface area (Å²) in [7, 11) is 4.22. The van der Waals surface area contributed by atoms with Crippen molar-refractivity contribution >= 4 is 0 Å². The van der Waals surface area contributed by atoms with Gasteiger partial charge in [-0.3, -0.25) is 4.90 Å². The molecule has 3 atom stereocenters. The van der Waals surface area contributed by atoms with Crippen LogP contribution in [0.1, 0.15) is 44.4 Å². The molecule has 1 aliphatic carbocycles. The van der Waals surface area contributed by atoms with E-state index in [0.717, 1.165) is 30.7 Å². The van der Waals surface area contributed by atoms with E-state index in [4.69, 9.17) is 4.42 Å². The van der Waals surface area contributed by atoms with Crippen LogP contribution in [0.4, 0.5) is 0 Å². The standard InChI is InChI=1S/C16H28N2O/c1-13-6-4-7-14(10-13)11-17-12-15(18(2)3)16-8-5-9-19-16/h5,8-9,13-15,17H,4,6-7,10-12H2,1-3H3. The monoisotopic (exact) mass is 264 g/mol. The fraction of sp³-hybridized carbons (Fsp3) is 0.750. The van der Waals surface area contributed by atoms with Crippen LogP contribution >= 0.6 is 0 Å². The number of nitrogens with zero attached hydrogens (tertiary/aromatic N) is 1. The second kappa shape index (κ2) is 7.11. The van der Waals surface area contributed by atoms with E-state index in [9.17, 15) is 0 Å². The molecular weight excluding hydrogens is 236 g/mol. The molecule has 1 heterocycles. The summed E-state index contributed by atoms with van der Waals surface area (Å²) in [5, 5.41) is 3.64. The summed E-state index contributed by atoms with van der Waals surface area (Å²) in [6, 6.07) is 4.36. The third-order valence-corrected chi connectivity index (χ3v) is 4.31. The van der Waals surface area contributed by atoms with Crippen LogP contribution in [-0.4, -0.2) is 32.1 Å². The average molecular weight is 264 g/mol. The van der Waals surface area contributed by atoms with Crippen LogP contribution in [0.25, 0.3) is 0 Å². The largest absolute Gasteiger partial charge is 0.468 e. The average Bonchev–Trinajstić information content (AvgIpc) is 2.88. The van der Waals surface area contributed by atoms with Gasteiger partial charge in [0.1, 0.15) is 5.76 Å². The minimum atomic E-state index is 0.330. The number of hydrogen-bond acceptors (Lipinski definition) is 3. The van der Waals surface area contributed by atoms with E-state index in [-0.39, 0.29) is 0 Å². The summed E-state index contributed by atoms with van der Waals surface area (Å²) in [5.41, 5.74) is 0. The zero-order valence-corrected chi connectivity index (χ0v) is 12.6. The lowest BCUT2D eigenvalue weighted by molar-refractivity contribution is 0.232. The van der Waals surface area contributed by atoms with Crippen LogP contribution in [0, 0.1) is 11.8 Å². The fourth-order valence-corrected chi connectivity index (χ4v) is 3.19. The Kier molecular flexibility index (Phi) is 5.46. The smallest absolute Gasteiger partial charge is 0.122 e. The molecular formula is C16H28N2O. The summed E-state index contributed by atoms with van der Waals surface area (Å²) < 4.78 is 5.53. The quantitative estimate of drug-likeness (QED) is 0.854. The summed E-state index contributed by atoms with van der Waals surface area (Å²) >= 11 is 0. The number of nitrogens with one attached hydrogen (secondary N) is 1. The van der Waals surface area contributed by atoms with Gasteiger partial charge in [0.05, 0.1) is 12.3 Å². The molecule has 3 unspecified atom stereocenters. The van der Waals surface area contributed by atoms with E-state index < -0.39 is 0 Å². The molecule has 0 spiro atoms. The Bertz CT molecular complexity index is 348. The summed E-state index contributed by atoms with van der Waals surface area (Å²) in [4.78, 5) is 2.22. The number of likely N-dealkylation sites (N-methyl/N-ethyl adjacent to an activating group) is 1.